The average Bonchev–Trinajstić information content (AvgIpc) is 1.78. The minimum atomic E-state index is -4.16. The first-order valence-corrected chi connectivity index (χ1v) is 3.75. The molecular weight excluding hydrogens is 161 g/mol. The van der Waals surface area contributed by atoms with E-state index in [4.69, 9.17) is 0 Å². The Bertz CT molecular complexity index is 106. The highest BCUT2D eigenvalue weighted by Gasteiger charge is 2.21. The Hall–Kier alpha value is -0.120. The molecule has 0 aliphatic rings. The van der Waals surface area contributed by atoms with Crippen molar-refractivity contribution < 1.29 is 13.2 Å². The lowest BCUT2D eigenvalue weighted by Gasteiger charge is -1.96. The molecule has 0 aliphatic carbocycles. The Morgan fingerprint density at radius 2 is 2.00 bits per heavy atom. The molecule has 0 aliphatic heterocycles. The summed E-state index contributed by atoms with van der Waals surface area (Å²) in [7, 11) is 0. The van der Waals surface area contributed by atoms with Crippen LogP contribution in [-0.4, -0.2) is 11.9 Å². The molecule has 0 N–H and O–H groups in total. The van der Waals surface area contributed by atoms with Crippen molar-refractivity contribution in [3.63, 3.8) is 0 Å². The zero-order valence-electron chi connectivity index (χ0n) is 5.48. The summed E-state index contributed by atoms with van der Waals surface area (Å²) >= 11 is 1.34. The second kappa shape index (κ2) is 4.66. The Kier molecular flexibility index (Phi) is 4.60. The van der Waals surface area contributed by atoms with Gasteiger partial charge < -0.3 is 0 Å². The SMILES string of the molecule is C[CH]SC/C=C/C(F)(F)F. The van der Waals surface area contributed by atoms with Gasteiger partial charge in [0.25, 0.3) is 0 Å². The highest BCUT2D eigenvalue weighted by Crippen LogP contribution is 2.16. The van der Waals surface area contributed by atoms with Crippen molar-refractivity contribution in [2.24, 2.45) is 0 Å². The summed E-state index contributed by atoms with van der Waals surface area (Å²) in [5, 5.41) is 0. The van der Waals surface area contributed by atoms with Crippen LogP contribution in [0.15, 0.2) is 12.2 Å². The van der Waals surface area contributed by atoms with Crippen LogP contribution in [0.3, 0.4) is 0 Å². The molecule has 0 rings (SSSR count). The van der Waals surface area contributed by atoms with E-state index in [1.165, 1.54) is 11.8 Å². The van der Waals surface area contributed by atoms with E-state index >= 15 is 0 Å². The highest BCUT2D eigenvalue weighted by atomic mass is 32.2. The molecule has 0 aromatic carbocycles. The molecule has 0 fully saturated rings. The second-order valence-electron chi connectivity index (χ2n) is 1.51. The van der Waals surface area contributed by atoms with Gasteiger partial charge in [-0.3, -0.25) is 0 Å². The number of thioether (sulfide) groups is 1. The average molecular weight is 169 g/mol. The molecule has 0 amide bonds. The number of hydrogen-bond donors (Lipinski definition) is 0. The predicted octanol–water partition coefficient (Wildman–Crippen LogP) is 3.02. The molecule has 0 heterocycles. The Morgan fingerprint density at radius 1 is 1.40 bits per heavy atom. The first-order chi connectivity index (χ1) is 4.56. The minimum absolute atomic E-state index is 0.253. The van der Waals surface area contributed by atoms with Crippen molar-refractivity contribution in [1.29, 1.82) is 0 Å². The van der Waals surface area contributed by atoms with E-state index in [0.29, 0.717) is 5.75 Å². The van der Waals surface area contributed by atoms with Crippen LogP contribution < -0.4 is 0 Å². The third-order valence-corrected chi connectivity index (χ3v) is 1.38. The fourth-order valence-electron chi connectivity index (χ4n) is 0.334. The fraction of sp³-hybridized carbons (Fsp3) is 0.500. The molecule has 0 aromatic rings. The summed E-state index contributed by atoms with van der Waals surface area (Å²) in [6, 6.07) is 0. The van der Waals surface area contributed by atoms with Crippen molar-refractivity contribution in [3.05, 3.63) is 17.9 Å². The van der Waals surface area contributed by atoms with E-state index < -0.39 is 6.18 Å². The lowest BCUT2D eigenvalue weighted by Crippen LogP contribution is -2.00. The summed E-state index contributed by atoms with van der Waals surface area (Å²) < 4.78 is 34.1. The first-order valence-electron chi connectivity index (χ1n) is 2.70. The predicted molar refractivity (Wildman–Crippen MR) is 37.6 cm³/mol. The smallest absolute Gasteiger partial charge is 0.167 e. The van der Waals surface area contributed by atoms with Gasteiger partial charge in [0, 0.05) is 17.6 Å². The minimum Gasteiger partial charge on any atom is -0.167 e. The third-order valence-electron chi connectivity index (χ3n) is 0.666. The van der Waals surface area contributed by atoms with Crippen LogP contribution in [-0.2, 0) is 0 Å². The standard InChI is InChI=1S/C6H8F3S/c1-2-10-5-3-4-6(7,8)9/h2-4H,5H2,1H3/b4-3+. The van der Waals surface area contributed by atoms with Gasteiger partial charge in [0.05, 0.1) is 0 Å². The second-order valence-corrected chi connectivity index (χ2v) is 2.65. The number of allylic oxidation sites excluding steroid dienone is 1. The lowest BCUT2D eigenvalue weighted by atomic mass is 10.5. The largest absolute Gasteiger partial charge is 0.409 e. The molecule has 0 atom stereocenters. The van der Waals surface area contributed by atoms with Gasteiger partial charge >= 0.3 is 6.18 Å². The maximum atomic E-state index is 11.4. The van der Waals surface area contributed by atoms with Gasteiger partial charge in [-0.25, -0.2) is 0 Å². The molecular formula is C6H8F3S. The molecule has 10 heavy (non-hydrogen) atoms. The summed E-state index contributed by atoms with van der Waals surface area (Å²) in [5.74, 6) is 2.14. The maximum absolute atomic E-state index is 11.4. The topological polar surface area (TPSA) is 0 Å². The zero-order chi connectivity index (χ0) is 8.04. The molecule has 0 saturated heterocycles. The van der Waals surface area contributed by atoms with Gasteiger partial charge in [-0.15, -0.1) is 0 Å². The molecule has 4 heteroatoms. The zero-order valence-corrected chi connectivity index (χ0v) is 6.30. The number of hydrogen-bond acceptors (Lipinski definition) is 1. The normalized spacial score (nSPS) is 12.8. The van der Waals surface area contributed by atoms with E-state index in [9.17, 15) is 13.2 Å². The summed E-state index contributed by atoms with van der Waals surface area (Å²) in [6.45, 7) is 1.78. The van der Waals surface area contributed by atoms with Gasteiger partial charge in [0.2, 0.25) is 0 Å². The van der Waals surface area contributed by atoms with Crippen molar-refractivity contribution in [1.82, 2.24) is 0 Å². The van der Waals surface area contributed by atoms with E-state index in [0.717, 1.165) is 6.08 Å². The molecule has 0 spiro atoms. The molecule has 0 aromatic heterocycles. The molecule has 1 radical (unpaired) electrons. The van der Waals surface area contributed by atoms with Crippen molar-refractivity contribution >= 4 is 11.8 Å². The van der Waals surface area contributed by atoms with E-state index in [2.05, 4.69) is 0 Å². The lowest BCUT2D eigenvalue weighted by molar-refractivity contribution is -0.0799. The quantitative estimate of drug-likeness (QED) is 0.462. The van der Waals surface area contributed by atoms with Crippen molar-refractivity contribution in [2.75, 3.05) is 5.75 Å². The summed E-state index contributed by atoms with van der Waals surface area (Å²) in [5.41, 5.74) is 0. The molecule has 0 unspecified atom stereocenters. The maximum Gasteiger partial charge on any atom is 0.409 e. The Labute approximate surface area is 62.5 Å². The van der Waals surface area contributed by atoms with Crippen LogP contribution in [0.4, 0.5) is 13.2 Å². The molecule has 59 valence electrons. The van der Waals surface area contributed by atoms with Crippen LogP contribution in [0.5, 0.6) is 0 Å². The van der Waals surface area contributed by atoms with Gasteiger partial charge in [-0.1, -0.05) is 13.0 Å². The Balaban J connectivity index is 3.37. The van der Waals surface area contributed by atoms with E-state index in [-0.39, 0.29) is 6.08 Å². The number of rotatable bonds is 3. The summed E-state index contributed by atoms with van der Waals surface area (Å²) in [4.78, 5) is 0. The van der Waals surface area contributed by atoms with E-state index in [1.807, 2.05) is 0 Å². The van der Waals surface area contributed by atoms with Crippen LogP contribution in [0.25, 0.3) is 0 Å². The van der Waals surface area contributed by atoms with Crippen molar-refractivity contribution in [3.8, 4) is 0 Å². The molecule has 0 saturated carbocycles. The van der Waals surface area contributed by atoms with Crippen LogP contribution in [0.2, 0.25) is 0 Å². The van der Waals surface area contributed by atoms with E-state index in [1.54, 1.807) is 12.7 Å². The van der Waals surface area contributed by atoms with Gasteiger partial charge in [0.1, 0.15) is 0 Å². The van der Waals surface area contributed by atoms with Gasteiger partial charge in [-0.05, 0) is 0 Å². The number of halogens is 3. The Morgan fingerprint density at radius 3 is 2.40 bits per heavy atom. The molecule has 0 bridgehead atoms. The van der Waals surface area contributed by atoms with Gasteiger partial charge in [0.15, 0.2) is 0 Å². The number of alkyl halides is 3. The van der Waals surface area contributed by atoms with Gasteiger partial charge in [-0.2, -0.15) is 24.9 Å². The highest BCUT2D eigenvalue weighted by molar-refractivity contribution is 8.01. The fourth-order valence-corrected chi connectivity index (χ4v) is 0.733. The molecule has 0 nitrogen and oxygen atoms in total. The first kappa shape index (κ1) is 9.88. The van der Waals surface area contributed by atoms with Crippen molar-refractivity contribution in [2.45, 2.75) is 13.1 Å². The summed E-state index contributed by atoms with van der Waals surface area (Å²) in [6.07, 6.45) is -2.80. The van der Waals surface area contributed by atoms with Crippen LogP contribution >= 0.6 is 11.8 Å². The van der Waals surface area contributed by atoms with Crippen LogP contribution in [0, 0.1) is 5.75 Å². The monoisotopic (exact) mass is 169 g/mol. The van der Waals surface area contributed by atoms with Crippen LogP contribution in [0.1, 0.15) is 6.92 Å². The third kappa shape index (κ3) is 7.88.